The Hall–Kier alpha value is -3.04. The molecule has 0 amide bonds. The molecule has 0 radical (unpaired) electrons. The average Bonchev–Trinajstić information content (AvgIpc) is 2.65. The normalized spacial score (nSPS) is 12.4. The van der Waals surface area contributed by atoms with Gasteiger partial charge in [-0.25, -0.2) is 9.59 Å². The smallest absolute Gasteiger partial charge is 0.411 e. The fourth-order valence-corrected chi connectivity index (χ4v) is 2.98. The number of hydrogen-bond acceptors (Lipinski definition) is 4. The largest absolute Gasteiger partial charge is 0.465 e. The quantitative estimate of drug-likeness (QED) is 0.533. The van der Waals surface area contributed by atoms with Gasteiger partial charge in [0.1, 0.15) is 0 Å². The minimum Gasteiger partial charge on any atom is -0.465 e. The van der Waals surface area contributed by atoms with E-state index < -0.39 is 52.0 Å². The van der Waals surface area contributed by atoms with Crippen molar-refractivity contribution in [2.24, 2.45) is 0 Å². The van der Waals surface area contributed by atoms with Crippen LogP contribution in [0.1, 0.15) is 31.8 Å². The standard InChI is InChI=1S/C19H14F6O4/c1-28-15(26)11-5-3-7-13(9-11)17(18(20,21)22,19(23,24)25)14-8-4-6-12(10-14)16(27)29-2/h3-10H,1-2H3. The van der Waals surface area contributed by atoms with Gasteiger partial charge in [0.05, 0.1) is 25.3 Å². The van der Waals surface area contributed by atoms with Crippen LogP contribution >= 0.6 is 0 Å². The molecular weight excluding hydrogens is 406 g/mol. The molecular formula is C19H14F6O4. The molecule has 29 heavy (non-hydrogen) atoms. The molecule has 10 heteroatoms. The van der Waals surface area contributed by atoms with Crippen molar-refractivity contribution in [3.8, 4) is 0 Å². The predicted octanol–water partition coefficient (Wildman–Crippen LogP) is 4.67. The van der Waals surface area contributed by atoms with E-state index in [1.54, 1.807) is 0 Å². The van der Waals surface area contributed by atoms with Gasteiger partial charge in [-0.05, 0) is 35.4 Å². The SMILES string of the molecule is COC(=O)c1cccc(C(c2cccc(C(=O)OC)c2)(C(F)(F)F)C(F)(F)F)c1. The molecule has 0 saturated carbocycles. The van der Waals surface area contributed by atoms with Gasteiger partial charge in [-0.2, -0.15) is 26.3 Å². The van der Waals surface area contributed by atoms with Gasteiger partial charge in [0.15, 0.2) is 0 Å². The van der Waals surface area contributed by atoms with Crippen molar-refractivity contribution in [1.29, 1.82) is 0 Å². The van der Waals surface area contributed by atoms with Gasteiger partial charge in [-0.3, -0.25) is 0 Å². The third kappa shape index (κ3) is 3.79. The summed E-state index contributed by atoms with van der Waals surface area (Å²) in [5.41, 5.74) is -7.99. The number of halogens is 6. The zero-order chi connectivity index (χ0) is 22.0. The summed E-state index contributed by atoms with van der Waals surface area (Å²) in [6, 6.07) is 5.98. The molecule has 156 valence electrons. The van der Waals surface area contributed by atoms with Crippen molar-refractivity contribution in [2.75, 3.05) is 14.2 Å². The van der Waals surface area contributed by atoms with E-state index in [0.29, 0.717) is 24.3 Å². The number of ether oxygens (including phenoxy) is 2. The van der Waals surface area contributed by atoms with Crippen LogP contribution in [0.5, 0.6) is 0 Å². The average molecular weight is 420 g/mol. The summed E-state index contributed by atoms with van der Waals surface area (Å²) in [4.78, 5) is 23.3. The summed E-state index contributed by atoms with van der Waals surface area (Å²) in [5.74, 6) is -2.21. The molecule has 0 heterocycles. The number of rotatable bonds is 4. The van der Waals surface area contributed by atoms with E-state index in [2.05, 4.69) is 9.47 Å². The first-order valence-electron chi connectivity index (χ1n) is 7.91. The van der Waals surface area contributed by atoms with Gasteiger partial charge in [-0.1, -0.05) is 24.3 Å². The summed E-state index contributed by atoms with van der Waals surface area (Å²) in [7, 11) is 1.88. The minimum absolute atomic E-state index is 0.470. The highest BCUT2D eigenvalue weighted by Gasteiger charge is 2.72. The van der Waals surface area contributed by atoms with Gasteiger partial charge in [-0.15, -0.1) is 0 Å². The number of alkyl halides is 6. The Morgan fingerprint density at radius 2 is 1.03 bits per heavy atom. The molecule has 0 aromatic heterocycles. The van der Waals surface area contributed by atoms with Gasteiger partial charge in [0.25, 0.3) is 0 Å². The van der Waals surface area contributed by atoms with Crippen molar-refractivity contribution in [1.82, 2.24) is 0 Å². The van der Waals surface area contributed by atoms with Crippen LogP contribution in [0.2, 0.25) is 0 Å². The van der Waals surface area contributed by atoms with Crippen LogP contribution in [0.15, 0.2) is 48.5 Å². The first-order chi connectivity index (χ1) is 13.4. The third-order valence-corrected chi connectivity index (χ3v) is 4.28. The molecule has 0 atom stereocenters. The van der Waals surface area contributed by atoms with Gasteiger partial charge < -0.3 is 9.47 Å². The van der Waals surface area contributed by atoms with E-state index in [1.807, 2.05) is 0 Å². The molecule has 0 aliphatic rings. The first-order valence-corrected chi connectivity index (χ1v) is 7.91. The van der Waals surface area contributed by atoms with E-state index in [1.165, 1.54) is 0 Å². The Kier molecular flexibility index (Phi) is 5.96. The molecule has 0 fully saturated rings. The second-order valence-corrected chi connectivity index (χ2v) is 5.89. The van der Waals surface area contributed by atoms with Crippen LogP contribution in [0.25, 0.3) is 0 Å². The summed E-state index contributed by atoms with van der Waals surface area (Å²) in [5, 5.41) is 0. The van der Waals surface area contributed by atoms with Crippen molar-refractivity contribution in [2.45, 2.75) is 17.8 Å². The molecule has 0 aliphatic carbocycles. The topological polar surface area (TPSA) is 52.6 Å². The van der Waals surface area contributed by atoms with Gasteiger partial charge >= 0.3 is 24.3 Å². The highest BCUT2D eigenvalue weighted by Crippen LogP contribution is 2.56. The monoisotopic (exact) mass is 420 g/mol. The fourth-order valence-electron chi connectivity index (χ4n) is 2.98. The first kappa shape index (κ1) is 22.3. The summed E-state index contributed by atoms with van der Waals surface area (Å²) < 4.78 is 93.5. The van der Waals surface area contributed by atoms with Crippen LogP contribution in [0.3, 0.4) is 0 Å². The Morgan fingerprint density at radius 1 is 0.690 bits per heavy atom. The second kappa shape index (κ2) is 7.76. The van der Waals surface area contributed by atoms with Crippen molar-refractivity contribution >= 4 is 11.9 Å². The van der Waals surface area contributed by atoms with E-state index in [4.69, 9.17) is 0 Å². The predicted molar refractivity (Wildman–Crippen MR) is 88.5 cm³/mol. The Morgan fingerprint density at radius 3 is 1.31 bits per heavy atom. The molecule has 0 saturated heterocycles. The second-order valence-electron chi connectivity index (χ2n) is 5.89. The lowest BCUT2D eigenvalue weighted by atomic mass is 9.72. The number of carbonyl (C=O) groups excluding carboxylic acids is 2. The van der Waals surface area contributed by atoms with Crippen molar-refractivity contribution in [3.05, 3.63) is 70.8 Å². The number of hydrogen-bond donors (Lipinski definition) is 0. The highest BCUT2D eigenvalue weighted by atomic mass is 19.4. The highest BCUT2D eigenvalue weighted by molar-refractivity contribution is 5.90. The van der Waals surface area contributed by atoms with E-state index in [0.717, 1.165) is 38.5 Å². The lowest BCUT2D eigenvalue weighted by molar-refractivity contribution is -0.288. The van der Waals surface area contributed by atoms with Crippen LogP contribution in [0, 0.1) is 0 Å². The lowest BCUT2D eigenvalue weighted by Gasteiger charge is -2.38. The van der Waals surface area contributed by atoms with Crippen LogP contribution < -0.4 is 0 Å². The van der Waals surface area contributed by atoms with Crippen molar-refractivity contribution in [3.63, 3.8) is 0 Å². The molecule has 4 nitrogen and oxygen atoms in total. The zero-order valence-electron chi connectivity index (χ0n) is 15.0. The zero-order valence-corrected chi connectivity index (χ0v) is 15.0. The maximum atomic E-state index is 14.1. The molecule has 0 N–H and O–H groups in total. The van der Waals surface area contributed by atoms with Gasteiger partial charge in [0.2, 0.25) is 5.41 Å². The molecule has 2 aromatic rings. The molecule has 0 aliphatic heterocycles. The Bertz CT molecular complexity index is 842. The van der Waals surface area contributed by atoms with Crippen LogP contribution in [-0.4, -0.2) is 38.5 Å². The minimum atomic E-state index is -5.87. The Balaban J connectivity index is 2.92. The summed E-state index contributed by atoms with van der Waals surface area (Å²) in [6.45, 7) is 0. The lowest BCUT2D eigenvalue weighted by Crippen LogP contribution is -2.54. The van der Waals surface area contributed by atoms with Gasteiger partial charge in [0, 0.05) is 0 Å². The van der Waals surface area contributed by atoms with Crippen LogP contribution in [-0.2, 0) is 14.9 Å². The summed E-state index contributed by atoms with van der Waals surface area (Å²) >= 11 is 0. The maximum absolute atomic E-state index is 14.1. The summed E-state index contributed by atoms with van der Waals surface area (Å²) in [6.07, 6.45) is -11.7. The number of methoxy groups -OCH3 is 2. The van der Waals surface area contributed by atoms with E-state index in [-0.39, 0.29) is 0 Å². The van der Waals surface area contributed by atoms with E-state index >= 15 is 0 Å². The van der Waals surface area contributed by atoms with Crippen molar-refractivity contribution < 1.29 is 45.4 Å². The number of carbonyl (C=O) groups is 2. The molecule has 2 aromatic carbocycles. The Labute approximate surface area is 161 Å². The molecule has 0 spiro atoms. The molecule has 2 rings (SSSR count). The molecule has 0 unspecified atom stereocenters. The third-order valence-electron chi connectivity index (χ3n) is 4.28. The van der Waals surface area contributed by atoms with E-state index in [9.17, 15) is 35.9 Å². The maximum Gasteiger partial charge on any atom is 0.411 e. The fraction of sp³-hybridized carbons (Fsp3) is 0.263. The van der Waals surface area contributed by atoms with Crippen LogP contribution in [0.4, 0.5) is 26.3 Å². The number of esters is 2. The molecule has 0 bridgehead atoms. The number of benzene rings is 2.